The molecule has 27 heavy (non-hydrogen) atoms. The quantitative estimate of drug-likeness (QED) is 0.458. The fraction of sp³-hybridized carbons (Fsp3) is 0.227. The lowest BCUT2D eigenvalue weighted by Gasteiger charge is -2.07. The topological polar surface area (TPSA) is 74.0 Å². The second kappa shape index (κ2) is 7.98. The van der Waals surface area contributed by atoms with Gasteiger partial charge in [-0.1, -0.05) is 12.1 Å². The number of benzene rings is 2. The summed E-state index contributed by atoms with van der Waals surface area (Å²) in [6, 6.07) is 15.8. The maximum Gasteiger partial charge on any atom is 0.175 e. The molecule has 0 saturated carbocycles. The zero-order valence-corrected chi connectivity index (χ0v) is 15.0. The highest BCUT2D eigenvalue weighted by atomic mass is 16.5. The fourth-order valence-electron chi connectivity index (χ4n) is 3.26. The Morgan fingerprint density at radius 1 is 1.15 bits per heavy atom. The van der Waals surface area contributed by atoms with Gasteiger partial charge in [0, 0.05) is 22.5 Å². The van der Waals surface area contributed by atoms with Crippen LogP contribution in [-0.2, 0) is 6.42 Å². The monoisotopic (exact) mass is 359 g/mol. The van der Waals surface area contributed by atoms with Crippen LogP contribution in [0.15, 0.2) is 59.3 Å². The Morgan fingerprint density at radius 2 is 2.11 bits per heavy atom. The number of furan rings is 1. The van der Waals surface area contributed by atoms with Crippen LogP contribution in [0.3, 0.4) is 0 Å². The molecule has 2 heterocycles. The number of aromatic nitrogens is 1. The molecule has 0 unspecified atom stereocenters. The molecule has 0 amide bonds. The van der Waals surface area contributed by atoms with E-state index in [0.717, 1.165) is 53.6 Å². The molecule has 0 spiro atoms. The van der Waals surface area contributed by atoms with Crippen molar-refractivity contribution < 1.29 is 9.15 Å². The number of hydrogen-bond donors (Lipinski definition) is 2. The van der Waals surface area contributed by atoms with Crippen molar-refractivity contribution in [1.29, 1.82) is 5.26 Å². The summed E-state index contributed by atoms with van der Waals surface area (Å²) in [7, 11) is 0. The second-order valence-corrected chi connectivity index (χ2v) is 6.48. The Kier molecular flexibility index (Phi) is 5.08. The number of rotatable bonds is 8. The van der Waals surface area contributed by atoms with E-state index in [1.165, 1.54) is 5.56 Å². The zero-order chi connectivity index (χ0) is 18.5. The highest BCUT2D eigenvalue weighted by molar-refractivity contribution is 5.84. The number of nitrogens with zero attached hydrogens (tertiary/aromatic N) is 1. The largest absolute Gasteiger partial charge is 0.490 e. The van der Waals surface area contributed by atoms with Gasteiger partial charge in [0.1, 0.15) is 0 Å². The summed E-state index contributed by atoms with van der Waals surface area (Å²) in [5.41, 5.74) is 3.81. The first-order valence-electron chi connectivity index (χ1n) is 9.15. The number of fused-ring (bicyclic) bond motifs is 2. The number of ether oxygens (including phenoxy) is 1. The van der Waals surface area contributed by atoms with Crippen molar-refractivity contribution in [3.63, 3.8) is 0 Å². The molecule has 5 heteroatoms. The minimum Gasteiger partial charge on any atom is -0.490 e. The number of hydrogen-bond acceptors (Lipinski definition) is 4. The number of para-hydroxylation sites is 1. The molecule has 0 aliphatic rings. The first-order valence-corrected chi connectivity index (χ1v) is 9.15. The predicted molar refractivity (Wildman–Crippen MR) is 106 cm³/mol. The van der Waals surface area contributed by atoms with E-state index < -0.39 is 0 Å². The number of nitrogens with one attached hydrogen (secondary N) is 2. The lowest BCUT2D eigenvalue weighted by molar-refractivity contribution is 0.307. The molecule has 0 aliphatic carbocycles. The van der Waals surface area contributed by atoms with Crippen LogP contribution < -0.4 is 10.1 Å². The summed E-state index contributed by atoms with van der Waals surface area (Å²) < 4.78 is 11.3. The van der Waals surface area contributed by atoms with Crippen LogP contribution in [0.2, 0.25) is 0 Å². The minimum absolute atomic E-state index is 0.644. The highest BCUT2D eigenvalue weighted by Crippen LogP contribution is 2.26. The van der Waals surface area contributed by atoms with Crippen LogP contribution in [0.1, 0.15) is 17.5 Å². The average molecular weight is 359 g/mol. The van der Waals surface area contributed by atoms with Crippen LogP contribution >= 0.6 is 0 Å². The van der Waals surface area contributed by atoms with Crippen LogP contribution in [0, 0.1) is 11.3 Å². The summed E-state index contributed by atoms with van der Waals surface area (Å²) >= 11 is 0. The van der Waals surface area contributed by atoms with Crippen molar-refractivity contribution in [2.45, 2.75) is 12.8 Å². The summed E-state index contributed by atoms with van der Waals surface area (Å²) in [6.45, 7) is 2.42. The first-order chi connectivity index (χ1) is 13.3. The van der Waals surface area contributed by atoms with Gasteiger partial charge >= 0.3 is 0 Å². The Hall–Kier alpha value is -3.23. The molecule has 4 rings (SSSR count). The van der Waals surface area contributed by atoms with Crippen molar-refractivity contribution in [2.75, 3.05) is 19.7 Å². The minimum atomic E-state index is 0.644. The van der Waals surface area contributed by atoms with Crippen molar-refractivity contribution >= 4 is 21.9 Å². The number of nitriles is 1. The average Bonchev–Trinajstić information content (AvgIpc) is 3.34. The van der Waals surface area contributed by atoms with Crippen molar-refractivity contribution in [1.82, 2.24) is 10.3 Å². The second-order valence-electron chi connectivity index (χ2n) is 6.48. The third kappa shape index (κ3) is 3.81. The third-order valence-electron chi connectivity index (χ3n) is 4.67. The summed E-state index contributed by atoms with van der Waals surface area (Å²) in [6.07, 6.45) is 5.55. The molecule has 2 N–H and O–H groups in total. The van der Waals surface area contributed by atoms with Gasteiger partial charge in [0.15, 0.2) is 11.3 Å². The first kappa shape index (κ1) is 17.2. The van der Waals surface area contributed by atoms with E-state index in [1.54, 1.807) is 6.26 Å². The Labute approximate surface area is 157 Å². The zero-order valence-electron chi connectivity index (χ0n) is 15.0. The molecule has 0 saturated heterocycles. The Morgan fingerprint density at radius 3 is 3.04 bits per heavy atom. The van der Waals surface area contributed by atoms with Gasteiger partial charge in [-0.05, 0) is 61.8 Å². The predicted octanol–water partition coefficient (Wildman–Crippen LogP) is 4.39. The molecule has 0 bridgehead atoms. The van der Waals surface area contributed by atoms with E-state index in [1.807, 2.05) is 48.7 Å². The summed E-state index contributed by atoms with van der Waals surface area (Å²) in [5, 5.41) is 14.7. The molecule has 0 aliphatic heterocycles. The normalized spacial score (nSPS) is 11.1. The van der Waals surface area contributed by atoms with E-state index in [4.69, 9.17) is 14.4 Å². The van der Waals surface area contributed by atoms with Crippen LogP contribution in [0.25, 0.3) is 21.9 Å². The molecule has 0 atom stereocenters. The van der Waals surface area contributed by atoms with Crippen LogP contribution in [-0.4, -0.2) is 24.7 Å². The molecule has 0 fully saturated rings. The lowest BCUT2D eigenvalue weighted by Crippen LogP contribution is -2.20. The molecule has 0 radical (unpaired) electrons. The number of aromatic amines is 1. The van der Waals surface area contributed by atoms with Gasteiger partial charge in [-0.3, -0.25) is 0 Å². The molecule has 136 valence electrons. The van der Waals surface area contributed by atoms with Gasteiger partial charge in [0.25, 0.3) is 0 Å². The third-order valence-corrected chi connectivity index (χ3v) is 4.67. The van der Waals surface area contributed by atoms with Gasteiger partial charge in [0.2, 0.25) is 0 Å². The van der Waals surface area contributed by atoms with Crippen molar-refractivity contribution in [2.24, 2.45) is 0 Å². The van der Waals surface area contributed by atoms with Gasteiger partial charge < -0.3 is 19.5 Å². The molecule has 2 aromatic heterocycles. The lowest BCUT2D eigenvalue weighted by atomic mass is 10.1. The van der Waals surface area contributed by atoms with Gasteiger partial charge in [-0.15, -0.1) is 0 Å². The maximum absolute atomic E-state index is 9.06. The van der Waals surface area contributed by atoms with Crippen molar-refractivity contribution in [3.8, 4) is 11.8 Å². The Balaban J connectivity index is 1.21. The fourth-order valence-corrected chi connectivity index (χ4v) is 3.26. The molecule has 5 nitrogen and oxygen atoms in total. The summed E-state index contributed by atoms with van der Waals surface area (Å²) in [4.78, 5) is 3.27. The molecular formula is C22H21N3O2. The van der Waals surface area contributed by atoms with Gasteiger partial charge in [-0.2, -0.15) is 5.26 Å². The van der Waals surface area contributed by atoms with E-state index in [0.29, 0.717) is 12.2 Å². The standard InChI is InChI=1S/C22H21N3O2/c23-14-16-5-6-20-19(13-16)18(15-25-20)7-10-24-9-2-11-26-21-4-1-3-17-8-12-27-22(17)21/h1,3-6,8,12-13,15,24-25H,2,7,9-11H2. The number of H-pyrrole nitrogens is 1. The molecule has 4 aromatic rings. The SMILES string of the molecule is N#Cc1ccc2[nH]cc(CCNCCCOc3cccc4ccoc34)c2c1. The van der Waals surface area contributed by atoms with E-state index >= 15 is 0 Å². The van der Waals surface area contributed by atoms with Gasteiger partial charge in [-0.25, -0.2) is 0 Å². The van der Waals surface area contributed by atoms with Crippen LogP contribution in [0.5, 0.6) is 5.75 Å². The van der Waals surface area contributed by atoms with E-state index in [2.05, 4.69) is 16.4 Å². The van der Waals surface area contributed by atoms with E-state index in [-0.39, 0.29) is 0 Å². The van der Waals surface area contributed by atoms with Crippen molar-refractivity contribution in [3.05, 3.63) is 66.1 Å². The Bertz CT molecular complexity index is 1090. The molecule has 2 aromatic carbocycles. The van der Waals surface area contributed by atoms with E-state index in [9.17, 15) is 0 Å². The van der Waals surface area contributed by atoms with Crippen LogP contribution in [0.4, 0.5) is 0 Å². The maximum atomic E-state index is 9.06. The smallest absolute Gasteiger partial charge is 0.175 e. The molecular weight excluding hydrogens is 338 g/mol. The van der Waals surface area contributed by atoms with Gasteiger partial charge in [0.05, 0.1) is 24.5 Å². The highest BCUT2D eigenvalue weighted by Gasteiger charge is 2.06. The summed E-state index contributed by atoms with van der Waals surface area (Å²) in [5.74, 6) is 0.796.